The van der Waals surface area contributed by atoms with Gasteiger partial charge in [-0.15, -0.1) is 0 Å². The SMILES string of the molecule is Cc1cccc2nc3no[n+]([O-])c3nc12. The molecule has 74 valence electrons. The van der Waals surface area contributed by atoms with Gasteiger partial charge in [-0.2, -0.15) is 0 Å². The molecule has 15 heavy (non-hydrogen) atoms. The number of aryl methyl sites for hydroxylation is 1. The monoisotopic (exact) mass is 202 g/mol. The number of hydrogen-bond acceptors (Lipinski definition) is 5. The van der Waals surface area contributed by atoms with E-state index < -0.39 is 0 Å². The van der Waals surface area contributed by atoms with E-state index in [1.165, 1.54) is 0 Å². The highest BCUT2D eigenvalue weighted by atomic mass is 16.8. The maximum atomic E-state index is 11.1. The van der Waals surface area contributed by atoms with E-state index in [4.69, 9.17) is 0 Å². The van der Waals surface area contributed by atoms with Crippen LogP contribution in [0.1, 0.15) is 5.56 Å². The quantitative estimate of drug-likeness (QED) is 0.501. The first kappa shape index (κ1) is 8.10. The summed E-state index contributed by atoms with van der Waals surface area (Å²) >= 11 is 0. The summed E-state index contributed by atoms with van der Waals surface area (Å²) in [5.74, 6) is 0. The standard InChI is InChI=1S/C9H6N4O2/c1-5-3-2-4-6-7(5)11-9-8(10-6)12-15-13(9)14/h2-4H,1H3. The molecular weight excluding hydrogens is 196 g/mol. The van der Waals surface area contributed by atoms with Gasteiger partial charge in [0.05, 0.1) is 0 Å². The van der Waals surface area contributed by atoms with Crippen LogP contribution in [0.2, 0.25) is 0 Å². The van der Waals surface area contributed by atoms with Gasteiger partial charge in [-0.3, -0.25) is 0 Å². The molecule has 1 aromatic carbocycles. The van der Waals surface area contributed by atoms with Crippen molar-refractivity contribution in [1.82, 2.24) is 15.1 Å². The highest BCUT2D eigenvalue weighted by Crippen LogP contribution is 2.15. The summed E-state index contributed by atoms with van der Waals surface area (Å²) in [6, 6.07) is 5.60. The zero-order chi connectivity index (χ0) is 10.4. The molecule has 0 radical (unpaired) electrons. The molecule has 0 fully saturated rings. The second-order valence-electron chi connectivity index (χ2n) is 3.24. The van der Waals surface area contributed by atoms with E-state index in [0.717, 1.165) is 5.56 Å². The number of fused-ring (bicyclic) bond motifs is 2. The Kier molecular flexibility index (Phi) is 1.42. The number of aromatic nitrogens is 4. The van der Waals surface area contributed by atoms with Crippen LogP contribution in [0.3, 0.4) is 0 Å². The highest BCUT2D eigenvalue weighted by molar-refractivity contribution is 5.83. The maximum absolute atomic E-state index is 11.1. The van der Waals surface area contributed by atoms with E-state index in [1.54, 1.807) is 0 Å². The number of nitrogens with zero attached hydrogens (tertiary/aromatic N) is 4. The Balaban J connectivity index is 2.55. The first-order valence-corrected chi connectivity index (χ1v) is 4.38. The lowest BCUT2D eigenvalue weighted by atomic mass is 10.2. The summed E-state index contributed by atoms with van der Waals surface area (Å²) in [6.45, 7) is 1.91. The predicted octanol–water partition coefficient (Wildman–Crippen LogP) is 0.713. The Hall–Kier alpha value is -2.24. The normalized spacial score (nSPS) is 11.3. The Bertz CT molecular complexity index is 662. The zero-order valence-electron chi connectivity index (χ0n) is 7.84. The molecule has 0 amide bonds. The molecule has 6 nitrogen and oxygen atoms in total. The van der Waals surface area contributed by atoms with E-state index in [2.05, 4.69) is 19.8 Å². The van der Waals surface area contributed by atoms with E-state index in [0.29, 0.717) is 11.0 Å². The van der Waals surface area contributed by atoms with Crippen molar-refractivity contribution in [2.45, 2.75) is 6.92 Å². The lowest BCUT2D eigenvalue weighted by Crippen LogP contribution is -2.23. The van der Waals surface area contributed by atoms with Gasteiger partial charge in [-0.05, 0) is 23.7 Å². The number of hydrogen-bond donors (Lipinski definition) is 0. The third-order valence-corrected chi connectivity index (χ3v) is 2.23. The van der Waals surface area contributed by atoms with Crippen LogP contribution in [0.4, 0.5) is 0 Å². The van der Waals surface area contributed by atoms with Crippen molar-refractivity contribution in [3.8, 4) is 0 Å². The van der Waals surface area contributed by atoms with Crippen LogP contribution in [0.5, 0.6) is 0 Å². The van der Waals surface area contributed by atoms with Gasteiger partial charge in [0.25, 0.3) is 0 Å². The summed E-state index contributed by atoms with van der Waals surface area (Å²) in [6.07, 6.45) is 0. The van der Waals surface area contributed by atoms with Crippen LogP contribution in [-0.2, 0) is 0 Å². The third kappa shape index (κ3) is 1.04. The van der Waals surface area contributed by atoms with Crippen LogP contribution in [-0.4, -0.2) is 15.1 Å². The minimum Gasteiger partial charge on any atom is -0.391 e. The fraction of sp³-hybridized carbons (Fsp3) is 0.111. The smallest absolute Gasteiger partial charge is 0.362 e. The fourth-order valence-electron chi connectivity index (χ4n) is 1.50. The van der Waals surface area contributed by atoms with Crippen LogP contribution >= 0.6 is 0 Å². The van der Waals surface area contributed by atoms with Crippen LogP contribution in [0.25, 0.3) is 22.3 Å². The molecule has 2 aromatic heterocycles. The maximum Gasteiger partial charge on any atom is 0.362 e. The van der Waals surface area contributed by atoms with Gasteiger partial charge in [0.1, 0.15) is 5.52 Å². The molecule has 0 aliphatic rings. The molecule has 3 rings (SSSR count). The number of benzene rings is 1. The average Bonchev–Trinajstić information content (AvgIpc) is 2.59. The van der Waals surface area contributed by atoms with E-state index >= 15 is 0 Å². The van der Waals surface area contributed by atoms with Gasteiger partial charge >= 0.3 is 11.3 Å². The van der Waals surface area contributed by atoms with Crippen molar-refractivity contribution in [2.75, 3.05) is 0 Å². The molecule has 2 heterocycles. The van der Waals surface area contributed by atoms with E-state index in [1.807, 2.05) is 25.1 Å². The molecule has 0 bridgehead atoms. The topological polar surface area (TPSA) is 78.8 Å². The minimum absolute atomic E-state index is 0.108. The summed E-state index contributed by atoms with van der Waals surface area (Å²) < 4.78 is 4.41. The Morgan fingerprint density at radius 1 is 1.33 bits per heavy atom. The van der Waals surface area contributed by atoms with Crippen LogP contribution < -0.4 is 4.90 Å². The van der Waals surface area contributed by atoms with Gasteiger partial charge in [0.2, 0.25) is 0 Å². The zero-order valence-corrected chi connectivity index (χ0v) is 7.84. The molecule has 0 aliphatic carbocycles. The summed E-state index contributed by atoms with van der Waals surface area (Å²) in [4.78, 5) is 8.60. The Morgan fingerprint density at radius 2 is 2.20 bits per heavy atom. The minimum atomic E-state index is 0.108. The van der Waals surface area contributed by atoms with Crippen molar-refractivity contribution in [3.05, 3.63) is 29.0 Å². The molecule has 0 spiro atoms. The fourth-order valence-corrected chi connectivity index (χ4v) is 1.50. The number of para-hydroxylation sites is 1. The molecule has 0 N–H and O–H groups in total. The molecule has 0 atom stereocenters. The average molecular weight is 202 g/mol. The second kappa shape index (κ2) is 2.63. The molecule has 0 aliphatic heterocycles. The van der Waals surface area contributed by atoms with Crippen molar-refractivity contribution >= 4 is 22.3 Å². The third-order valence-electron chi connectivity index (χ3n) is 2.23. The Morgan fingerprint density at radius 3 is 3.07 bits per heavy atom. The first-order chi connectivity index (χ1) is 7.25. The summed E-state index contributed by atoms with van der Waals surface area (Å²) in [7, 11) is 0. The molecule has 3 aromatic rings. The predicted molar refractivity (Wildman–Crippen MR) is 50.8 cm³/mol. The number of rotatable bonds is 0. The molecular formula is C9H6N4O2. The van der Waals surface area contributed by atoms with Gasteiger partial charge in [0, 0.05) is 0 Å². The second-order valence-corrected chi connectivity index (χ2v) is 3.24. The first-order valence-electron chi connectivity index (χ1n) is 4.38. The largest absolute Gasteiger partial charge is 0.391 e. The van der Waals surface area contributed by atoms with Crippen LogP contribution in [0, 0.1) is 12.1 Å². The Labute approximate surface area is 83.7 Å². The lowest BCUT2D eigenvalue weighted by Gasteiger charge is -1.94. The van der Waals surface area contributed by atoms with Gasteiger partial charge < -0.3 is 9.84 Å². The highest BCUT2D eigenvalue weighted by Gasteiger charge is 2.15. The van der Waals surface area contributed by atoms with Gasteiger partial charge in [-0.25, -0.2) is 4.98 Å². The van der Waals surface area contributed by atoms with E-state index in [9.17, 15) is 5.21 Å². The molecule has 0 unspecified atom stereocenters. The van der Waals surface area contributed by atoms with Gasteiger partial charge in [-0.1, -0.05) is 22.0 Å². The molecule has 6 heteroatoms. The van der Waals surface area contributed by atoms with Crippen molar-refractivity contribution in [2.24, 2.45) is 0 Å². The molecule has 0 saturated heterocycles. The van der Waals surface area contributed by atoms with Crippen molar-refractivity contribution < 1.29 is 9.53 Å². The summed E-state index contributed by atoms with van der Waals surface area (Å²) in [5.41, 5.74) is 2.69. The lowest BCUT2D eigenvalue weighted by molar-refractivity contribution is -0.783. The van der Waals surface area contributed by atoms with Crippen molar-refractivity contribution in [1.29, 1.82) is 0 Å². The van der Waals surface area contributed by atoms with E-state index in [-0.39, 0.29) is 16.2 Å². The van der Waals surface area contributed by atoms with Crippen LogP contribution in [0.15, 0.2) is 22.8 Å². The summed E-state index contributed by atoms with van der Waals surface area (Å²) in [5, 5.41) is 14.6. The van der Waals surface area contributed by atoms with Crippen molar-refractivity contribution in [3.63, 3.8) is 0 Å². The molecule has 0 saturated carbocycles. The van der Waals surface area contributed by atoms with Gasteiger partial charge in [0.15, 0.2) is 5.52 Å².